The zero-order chi connectivity index (χ0) is 25.3. The fourth-order valence-corrected chi connectivity index (χ4v) is 5.58. The molecule has 0 spiro atoms. The molecule has 3 aromatic carbocycles. The van der Waals surface area contributed by atoms with Gasteiger partial charge in [-0.3, -0.25) is 9.59 Å². The quantitative estimate of drug-likeness (QED) is 0.148. The first-order valence-electron chi connectivity index (χ1n) is 10.4. The van der Waals surface area contributed by atoms with Crippen LogP contribution in [0.15, 0.2) is 60.7 Å². The Kier molecular flexibility index (Phi) is 7.57. The van der Waals surface area contributed by atoms with Gasteiger partial charge in [0.05, 0.1) is 10.9 Å². The van der Waals surface area contributed by atoms with E-state index in [4.69, 9.17) is 63.7 Å². The third-order valence-electron chi connectivity index (χ3n) is 5.62. The molecule has 1 saturated carbocycles. The van der Waals surface area contributed by atoms with E-state index in [1.807, 2.05) is 6.07 Å². The van der Waals surface area contributed by atoms with Crippen molar-refractivity contribution in [2.45, 2.75) is 16.7 Å². The van der Waals surface area contributed by atoms with Gasteiger partial charge < -0.3 is 11.1 Å². The number of carbonyl (C=O) groups is 2. The van der Waals surface area contributed by atoms with Crippen LogP contribution in [0.2, 0.25) is 15.1 Å². The van der Waals surface area contributed by atoms with E-state index in [1.54, 1.807) is 48.5 Å². The summed E-state index contributed by atoms with van der Waals surface area (Å²) in [6.07, 6.45) is 0.101. The number of anilines is 1. The molecule has 3 N–H and O–H groups in total. The zero-order valence-electron chi connectivity index (χ0n) is 17.9. The van der Waals surface area contributed by atoms with Crippen molar-refractivity contribution < 1.29 is 9.59 Å². The molecule has 2 unspecified atom stereocenters. The Morgan fingerprint density at radius 3 is 2.37 bits per heavy atom. The Bertz CT molecular complexity index is 1370. The second kappa shape index (κ2) is 10.3. The molecular weight excluding hydrogens is 550 g/mol. The Hall–Kier alpha value is -2.39. The summed E-state index contributed by atoms with van der Waals surface area (Å²) in [5.74, 6) is 0.918. The molecule has 35 heavy (non-hydrogen) atoms. The summed E-state index contributed by atoms with van der Waals surface area (Å²) in [6, 6.07) is 19.2. The van der Waals surface area contributed by atoms with E-state index in [-0.39, 0.29) is 22.8 Å². The maximum atomic E-state index is 13.0. The van der Waals surface area contributed by atoms with Crippen molar-refractivity contribution >= 4 is 75.4 Å². The molecule has 178 valence electrons. The van der Waals surface area contributed by atoms with Gasteiger partial charge in [0.1, 0.15) is 4.33 Å². The van der Waals surface area contributed by atoms with Crippen LogP contribution in [0.5, 0.6) is 0 Å². The smallest absolute Gasteiger partial charge is 0.231 e. The number of nitrogens with two attached hydrogens (primary N) is 1. The summed E-state index contributed by atoms with van der Waals surface area (Å²) in [5, 5.41) is 3.90. The van der Waals surface area contributed by atoms with E-state index in [2.05, 4.69) is 17.3 Å². The van der Waals surface area contributed by atoms with Gasteiger partial charge in [-0.25, -0.2) is 0 Å². The molecule has 9 heteroatoms. The lowest BCUT2D eigenvalue weighted by atomic mass is 10.0. The SMILES string of the molecule is NC#Cc1cccc(CC(=O)c2cc(NC(=O)C3C(c4cc(Cl)cc(Cl)c4)C3(Cl)Cl)ccc2Cl)c1. The van der Waals surface area contributed by atoms with Crippen LogP contribution in [0, 0.1) is 17.9 Å². The second-order valence-electron chi connectivity index (χ2n) is 8.09. The van der Waals surface area contributed by atoms with Crippen molar-refractivity contribution in [1.82, 2.24) is 0 Å². The largest absolute Gasteiger partial charge is 0.359 e. The van der Waals surface area contributed by atoms with Crippen LogP contribution in [0.3, 0.4) is 0 Å². The summed E-state index contributed by atoms with van der Waals surface area (Å²) in [5.41, 5.74) is 8.07. The highest BCUT2D eigenvalue weighted by atomic mass is 35.5. The molecule has 0 aliphatic heterocycles. The van der Waals surface area contributed by atoms with Crippen LogP contribution in [-0.2, 0) is 11.2 Å². The lowest BCUT2D eigenvalue weighted by molar-refractivity contribution is -0.117. The molecule has 0 saturated heterocycles. The van der Waals surface area contributed by atoms with Crippen molar-refractivity contribution in [3.05, 3.63) is 98.0 Å². The van der Waals surface area contributed by atoms with Crippen molar-refractivity contribution in [2.75, 3.05) is 5.32 Å². The van der Waals surface area contributed by atoms with Crippen LogP contribution in [-0.4, -0.2) is 16.0 Å². The minimum atomic E-state index is -1.32. The number of hydrogen-bond acceptors (Lipinski definition) is 3. The normalized spacial score (nSPS) is 17.7. The first-order valence-corrected chi connectivity index (χ1v) is 12.3. The topological polar surface area (TPSA) is 72.2 Å². The van der Waals surface area contributed by atoms with Gasteiger partial charge in [0, 0.05) is 45.2 Å². The summed E-state index contributed by atoms with van der Waals surface area (Å²) in [4.78, 5) is 26.0. The average molecular weight is 567 g/mol. The number of rotatable bonds is 6. The van der Waals surface area contributed by atoms with Gasteiger partial charge in [-0.2, -0.15) is 0 Å². The number of benzene rings is 3. The summed E-state index contributed by atoms with van der Waals surface area (Å²) < 4.78 is -1.32. The van der Waals surface area contributed by atoms with Crippen molar-refractivity contribution in [1.29, 1.82) is 0 Å². The van der Waals surface area contributed by atoms with Gasteiger partial charge in [0.25, 0.3) is 0 Å². The number of halogens is 5. The maximum absolute atomic E-state index is 13.0. The van der Waals surface area contributed by atoms with Gasteiger partial charge in [0.2, 0.25) is 5.91 Å². The van der Waals surface area contributed by atoms with Crippen LogP contribution in [0.1, 0.15) is 33.0 Å². The Morgan fingerprint density at radius 2 is 1.69 bits per heavy atom. The number of Topliss-reactive ketones (excluding diaryl/α,β-unsaturated/α-hetero) is 1. The van der Waals surface area contributed by atoms with Gasteiger partial charge >= 0.3 is 0 Å². The Labute approximate surface area is 227 Å². The molecule has 1 fully saturated rings. The number of hydrogen-bond donors (Lipinski definition) is 2. The highest BCUT2D eigenvalue weighted by Gasteiger charge is 2.67. The standard InChI is InChI=1S/C26H17Cl5N2O2/c27-17-10-16(11-18(28)12-17)23-24(26(23,30)31)25(35)33-19-4-5-21(29)20(13-19)22(34)9-15-3-1-2-14(8-15)6-7-32/h1-5,8,10-13,23-24H,9,32H2,(H,33,35). The fourth-order valence-electron chi connectivity index (χ4n) is 3.98. The fraction of sp³-hybridized carbons (Fsp3) is 0.154. The van der Waals surface area contributed by atoms with Gasteiger partial charge in [-0.05, 0) is 65.6 Å². The number of carbonyl (C=O) groups excluding carboxylic acids is 2. The molecule has 1 aliphatic rings. The highest BCUT2D eigenvalue weighted by Crippen LogP contribution is 2.65. The predicted molar refractivity (Wildman–Crippen MR) is 143 cm³/mol. The lowest BCUT2D eigenvalue weighted by Crippen LogP contribution is -2.17. The number of ketones is 1. The molecule has 3 aromatic rings. The summed E-state index contributed by atoms with van der Waals surface area (Å²) in [7, 11) is 0. The van der Waals surface area contributed by atoms with Crippen molar-refractivity contribution in [3.63, 3.8) is 0 Å². The summed E-state index contributed by atoms with van der Waals surface area (Å²) >= 11 is 31.3. The summed E-state index contributed by atoms with van der Waals surface area (Å²) in [6.45, 7) is 0. The third-order valence-corrected chi connectivity index (χ3v) is 7.33. The van der Waals surface area contributed by atoms with Crippen LogP contribution < -0.4 is 11.1 Å². The molecule has 4 nitrogen and oxygen atoms in total. The van der Waals surface area contributed by atoms with E-state index < -0.39 is 22.1 Å². The number of amides is 1. The van der Waals surface area contributed by atoms with Gasteiger partial charge in [-0.1, -0.05) is 46.9 Å². The molecule has 0 heterocycles. The number of nitrogens with one attached hydrogen (secondary N) is 1. The van der Waals surface area contributed by atoms with E-state index in [9.17, 15) is 9.59 Å². The molecule has 0 radical (unpaired) electrons. The lowest BCUT2D eigenvalue weighted by Gasteiger charge is -2.09. The van der Waals surface area contributed by atoms with E-state index in [0.29, 0.717) is 26.9 Å². The van der Waals surface area contributed by atoms with Crippen molar-refractivity contribution in [3.8, 4) is 12.0 Å². The first kappa shape index (κ1) is 25.7. The van der Waals surface area contributed by atoms with E-state index >= 15 is 0 Å². The van der Waals surface area contributed by atoms with Crippen LogP contribution in [0.25, 0.3) is 0 Å². The predicted octanol–water partition coefficient (Wildman–Crippen LogP) is 6.87. The Morgan fingerprint density at radius 1 is 0.971 bits per heavy atom. The molecular formula is C26H17Cl5N2O2. The second-order valence-corrected chi connectivity index (χ2v) is 10.8. The maximum Gasteiger partial charge on any atom is 0.231 e. The molecule has 0 aromatic heterocycles. The average Bonchev–Trinajstić information content (AvgIpc) is 3.37. The van der Waals surface area contributed by atoms with Gasteiger partial charge in [0.15, 0.2) is 5.78 Å². The molecule has 1 aliphatic carbocycles. The minimum absolute atomic E-state index is 0.101. The first-order chi connectivity index (χ1) is 16.6. The molecule has 2 atom stereocenters. The third kappa shape index (κ3) is 5.72. The van der Waals surface area contributed by atoms with Crippen molar-refractivity contribution in [2.24, 2.45) is 11.7 Å². The van der Waals surface area contributed by atoms with Crippen LogP contribution >= 0.6 is 58.0 Å². The Balaban J connectivity index is 1.51. The van der Waals surface area contributed by atoms with E-state index in [1.165, 1.54) is 6.07 Å². The van der Waals surface area contributed by atoms with Gasteiger partial charge in [-0.15, -0.1) is 23.2 Å². The number of alkyl halides is 2. The highest BCUT2D eigenvalue weighted by molar-refractivity contribution is 6.53. The monoisotopic (exact) mass is 564 g/mol. The zero-order valence-corrected chi connectivity index (χ0v) is 21.7. The van der Waals surface area contributed by atoms with Crippen LogP contribution in [0.4, 0.5) is 5.69 Å². The molecule has 1 amide bonds. The molecule has 0 bridgehead atoms. The van der Waals surface area contributed by atoms with E-state index in [0.717, 1.165) is 5.56 Å². The minimum Gasteiger partial charge on any atom is -0.359 e. The molecule has 4 rings (SSSR count).